The van der Waals surface area contributed by atoms with Crippen LogP contribution in [0.15, 0.2) is 24.3 Å². The number of carbonyl (C=O) groups is 3. The third-order valence-corrected chi connectivity index (χ3v) is 5.89. The largest absolute Gasteiger partial charge is 0.344 e. The van der Waals surface area contributed by atoms with Crippen LogP contribution in [0, 0.1) is 11.8 Å². The number of hydrogen-bond acceptors (Lipinski definition) is 3. The molecule has 0 bridgehead atoms. The Morgan fingerprint density at radius 3 is 2.17 bits per heavy atom. The van der Waals surface area contributed by atoms with E-state index in [0.29, 0.717) is 56.0 Å². The van der Waals surface area contributed by atoms with Crippen LogP contribution in [0.5, 0.6) is 0 Å². The van der Waals surface area contributed by atoms with Crippen LogP contribution in [0.3, 0.4) is 0 Å². The number of amides is 3. The third kappa shape index (κ3) is 6.46. The summed E-state index contributed by atoms with van der Waals surface area (Å²) in [7, 11) is 0. The second kappa shape index (κ2) is 11.3. The molecule has 1 saturated heterocycles. The molecule has 1 aromatic rings. The van der Waals surface area contributed by atoms with E-state index in [1.54, 1.807) is 29.2 Å². The third-order valence-electron chi connectivity index (χ3n) is 5.64. The van der Waals surface area contributed by atoms with Crippen LogP contribution < -0.4 is 5.32 Å². The minimum atomic E-state index is -0.538. The van der Waals surface area contributed by atoms with Crippen molar-refractivity contribution in [2.75, 3.05) is 26.2 Å². The van der Waals surface area contributed by atoms with Gasteiger partial charge in [0.2, 0.25) is 11.8 Å². The van der Waals surface area contributed by atoms with E-state index in [-0.39, 0.29) is 29.6 Å². The zero-order valence-corrected chi connectivity index (χ0v) is 19.2. The van der Waals surface area contributed by atoms with Crippen LogP contribution in [0.1, 0.15) is 57.3 Å². The summed E-state index contributed by atoms with van der Waals surface area (Å²) in [6.45, 7) is 10.2. The zero-order chi connectivity index (χ0) is 22.3. The van der Waals surface area contributed by atoms with Gasteiger partial charge in [-0.2, -0.15) is 0 Å². The highest BCUT2D eigenvalue weighted by Crippen LogP contribution is 2.24. The first kappa shape index (κ1) is 24.2. The van der Waals surface area contributed by atoms with E-state index >= 15 is 0 Å². The summed E-state index contributed by atoms with van der Waals surface area (Å²) in [5, 5.41) is 3.60. The van der Waals surface area contributed by atoms with Crippen LogP contribution >= 0.6 is 11.6 Å². The highest BCUT2D eigenvalue weighted by Gasteiger charge is 2.35. The van der Waals surface area contributed by atoms with Crippen molar-refractivity contribution in [3.63, 3.8) is 0 Å². The second-order valence-electron chi connectivity index (χ2n) is 8.29. The number of nitrogens with zero attached hydrogens (tertiary/aromatic N) is 2. The first-order valence-corrected chi connectivity index (χ1v) is 11.3. The van der Waals surface area contributed by atoms with Gasteiger partial charge in [-0.3, -0.25) is 14.4 Å². The van der Waals surface area contributed by atoms with Crippen LogP contribution in [-0.4, -0.2) is 59.7 Å². The van der Waals surface area contributed by atoms with E-state index in [0.717, 1.165) is 0 Å². The molecule has 0 aliphatic carbocycles. The maximum Gasteiger partial charge on any atom is 0.253 e. The second-order valence-corrected chi connectivity index (χ2v) is 8.73. The lowest BCUT2D eigenvalue weighted by atomic mass is 9.87. The van der Waals surface area contributed by atoms with Crippen LogP contribution in [0.25, 0.3) is 0 Å². The predicted molar refractivity (Wildman–Crippen MR) is 119 cm³/mol. The lowest BCUT2D eigenvalue weighted by Crippen LogP contribution is -2.54. The Hall–Kier alpha value is -2.08. The van der Waals surface area contributed by atoms with Gasteiger partial charge in [0.1, 0.15) is 6.04 Å². The molecule has 1 heterocycles. The monoisotopic (exact) mass is 435 g/mol. The lowest BCUT2D eigenvalue weighted by molar-refractivity contribution is -0.138. The van der Waals surface area contributed by atoms with E-state index in [4.69, 9.17) is 11.6 Å². The van der Waals surface area contributed by atoms with E-state index in [1.807, 2.05) is 32.6 Å². The highest BCUT2D eigenvalue weighted by atomic mass is 35.5. The summed E-state index contributed by atoms with van der Waals surface area (Å²) in [6.07, 6.45) is 1.76. The lowest BCUT2D eigenvalue weighted by Gasteiger charge is -2.37. The zero-order valence-electron chi connectivity index (χ0n) is 18.5. The van der Waals surface area contributed by atoms with Crippen molar-refractivity contribution in [1.82, 2.24) is 15.1 Å². The van der Waals surface area contributed by atoms with E-state index in [9.17, 15) is 14.4 Å². The molecule has 7 heteroatoms. The molecule has 0 spiro atoms. The smallest absolute Gasteiger partial charge is 0.253 e. The van der Waals surface area contributed by atoms with Gasteiger partial charge < -0.3 is 15.1 Å². The van der Waals surface area contributed by atoms with Crippen LogP contribution in [0.4, 0.5) is 0 Å². The molecule has 1 fully saturated rings. The number of nitrogens with one attached hydrogen (secondary N) is 1. The minimum absolute atomic E-state index is 0.0171. The van der Waals surface area contributed by atoms with Gasteiger partial charge in [-0.1, -0.05) is 25.4 Å². The highest BCUT2D eigenvalue weighted by molar-refractivity contribution is 6.30. The Morgan fingerprint density at radius 1 is 1.10 bits per heavy atom. The minimum Gasteiger partial charge on any atom is -0.344 e. The van der Waals surface area contributed by atoms with Crippen LogP contribution in [-0.2, 0) is 9.59 Å². The van der Waals surface area contributed by atoms with Crippen molar-refractivity contribution in [1.29, 1.82) is 0 Å². The van der Waals surface area contributed by atoms with E-state index in [2.05, 4.69) is 5.32 Å². The van der Waals surface area contributed by atoms with Crippen molar-refractivity contribution in [3.8, 4) is 0 Å². The molecule has 166 valence electrons. The summed E-state index contributed by atoms with van der Waals surface area (Å²) in [4.78, 5) is 41.9. The van der Waals surface area contributed by atoms with Crippen molar-refractivity contribution in [2.24, 2.45) is 11.8 Å². The van der Waals surface area contributed by atoms with Gasteiger partial charge in [0.15, 0.2) is 0 Å². The molecule has 1 aliphatic heterocycles. The SMILES string of the molecule is CCN(CC)C(=O)[C@@H](NC(=O)CC(C)C)C1CCN(C(=O)c2ccc(Cl)cc2)CC1. The Morgan fingerprint density at radius 2 is 1.67 bits per heavy atom. The number of rotatable bonds is 8. The van der Waals surface area contributed by atoms with E-state index < -0.39 is 6.04 Å². The number of benzene rings is 1. The average Bonchev–Trinajstić information content (AvgIpc) is 2.72. The van der Waals surface area contributed by atoms with Crippen molar-refractivity contribution in [2.45, 2.75) is 53.0 Å². The molecular formula is C23H34ClN3O3. The molecule has 1 aromatic carbocycles. The van der Waals surface area contributed by atoms with Gasteiger partial charge in [0.05, 0.1) is 0 Å². The Balaban J connectivity index is 2.07. The molecule has 2 rings (SSSR count). The fraction of sp³-hybridized carbons (Fsp3) is 0.609. The number of carbonyl (C=O) groups excluding carboxylic acids is 3. The molecular weight excluding hydrogens is 402 g/mol. The summed E-state index contributed by atoms with van der Waals surface area (Å²) in [5.41, 5.74) is 0.610. The Bertz CT molecular complexity index is 724. The van der Waals surface area contributed by atoms with Gasteiger partial charge >= 0.3 is 0 Å². The summed E-state index contributed by atoms with van der Waals surface area (Å²) >= 11 is 5.91. The molecule has 1 aliphatic rings. The summed E-state index contributed by atoms with van der Waals surface area (Å²) in [5.74, 6) is 0.104. The Labute approximate surface area is 184 Å². The number of likely N-dealkylation sites (N-methyl/N-ethyl adjacent to an activating group) is 1. The van der Waals surface area contributed by atoms with Crippen molar-refractivity contribution >= 4 is 29.3 Å². The predicted octanol–water partition coefficient (Wildman–Crippen LogP) is 3.59. The summed E-state index contributed by atoms with van der Waals surface area (Å²) in [6, 6.07) is 6.35. The number of piperidine rings is 1. The molecule has 1 atom stereocenters. The van der Waals surface area contributed by atoms with Crippen molar-refractivity contribution in [3.05, 3.63) is 34.9 Å². The topological polar surface area (TPSA) is 69.7 Å². The fourth-order valence-electron chi connectivity index (χ4n) is 3.93. The molecule has 0 radical (unpaired) electrons. The van der Waals surface area contributed by atoms with E-state index in [1.165, 1.54) is 0 Å². The number of hydrogen-bond donors (Lipinski definition) is 1. The molecule has 30 heavy (non-hydrogen) atoms. The van der Waals surface area contributed by atoms with Gasteiger partial charge in [-0.05, 0) is 62.8 Å². The maximum atomic E-state index is 13.1. The normalized spacial score (nSPS) is 15.7. The molecule has 0 aromatic heterocycles. The van der Waals surface area contributed by atoms with Gasteiger partial charge in [0, 0.05) is 43.2 Å². The standard InChI is InChI=1S/C23H34ClN3O3/c1-5-26(6-2)23(30)21(25-20(28)15-16(3)4)17-11-13-27(14-12-17)22(29)18-7-9-19(24)10-8-18/h7-10,16-17,21H,5-6,11-15H2,1-4H3,(H,25,28)/t21-/m0/s1. The van der Waals surface area contributed by atoms with Crippen LogP contribution in [0.2, 0.25) is 5.02 Å². The van der Waals surface area contributed by atoms with Gasteiger partial charge in [-0.25, -0.2) is 0 Å². The maximum absolute atomic E-state index is 13.1. The molecule has 0 unspecified atom stereocenters. The molecule has 1 N–H and O–H groups in total. The quantitative estimate of drug-likeness (QED) is 0.678. The number of halogens is 1. The van der Waals surface area contributed by atoms with Gasteiger partial charge in [0.25, 0.3) is 5.91 Å². The molecule has 3 amide bonds. The first-order chi connectivity index (χ1) is 14.3. The van der Waals surface area contributed by atoms with Gasteiger partial charge in [-0.15, -0.1) is 0 Å². The average molecular weight is 436 g/mol. The fourth-order valence-corrected chi connectivity index (χ4v) is 4.05. The summed E-state index contributed by atoms with van der Waals surface area (Å²) < 4.78 is 0. The first-order valence-electron chi connectivity index (χ1n) is 10.9. The molecule has 0 saturated carbocycles. The Kier molecular flexibility index (Phi) is 9.15. The molecule has 6 nitrogen and oxygen atoms in total. The van der Waals surface area contributed by atoms with Crippen molar-refractivity contribution < 1.29 is 14.4 Å². The number of likely N-dealkylation sites (tertiary alicyclic amines) is 1.